The molecule has 398 valence electrons. The van der Waals surface area contributed by atoms with Crippen molar-refractivity contribution in [1.29, 1.82) is 0 Å². The average molecular weight is 1130 g/mol. The number of allylic oxidation sites excluding steroid dienone is 6. The zero-order valence-electron chi connectivity index (χ0n) is 44.0. The number of methoxy groups -OCH3 is 2. The maximum atomic E-state index is 12.4. The van der Waals surface area contributed by atoms with Gasteiger partial charge in [0.2, 0.25) is 5.69 Å². The van der Waals surface area contributed by atoms with E-state index in [1.807, 2.05) is 35.5 Å². The minimum Gasteiger partial charge on any atom is -0.744 e. The summed E-state index contributed by atoms with van der Waals surface area (Å²) in [6, 6.07) is 8.53. The van der Waals surface area contributed by atoms with E-state index in [0.29, 0.717) is 120 Å². The Morgan fingerprint density at radius 3 is 1.76 bits per heavy atom. The molecule has 2 aromatic carbocycles. The van der Waals surface area contributed by atoms with Crippen LogP contribution in [0.5, 0.6) is 0 Å². The molecule has 0 fully saturated rings. The zero-order chi connectivity index (χ0) is 52.1. The van der Waals surface area contributed by atoms with Gasteiger partial charge in [0.1, 0.15) is 16.7 Å². The molecule has 2 unspecified atom stereocenters. The molecule has 4 rings (SSSR count). The molecule has 0 saturated heterocycles. The monoisotopic (exact) mass is 1130 g/mol. The average Bonchev–Trinajstić information content (AvgIpc) is 3.67. The fraction of sp³-hybridized carbons (Fsp3) is 0.583. The van der Waals surface area contributed by atoms with Crippen LogP contribution in [0.15, 0.2) is 82.3 Å². The van der Waals surface area contributed by atoms with E-state index in [4.69, 9.17) is 33.2 Å². The number of hydrogen-bond acceptors (Lipinski definition) is 16. The predicted octanol–water partition coefficient (Wildman–Crippen LogP) is -3.94. The SMILES string of the molecule is COCCOCCOCCOCCOCCOCC[N+]1=C(/C=C/C=C/C=C2/N(CCCCCC(=O)O)c3ccc(S(=O)(=O)[O-])cc3C2(C)CCOC)C(C)(CCCS(=O)(=O)O)c2cc(S(=O)(=O)O)ccc21.[Na+].[Na+].[Na+]. The number of carboxylic acid groups (broad SMARTS) is 1. The molecule has 20 nitrogen and oxygen atoms in total. The molecule has 2 aliphatic heterocycles. The minimum absolute atomic E-state index is 0. The molecule has 0 aromatic heterocycles. The molecule has 2 heterocycles. The summed E-state index contributed by atoms with van der Waals surface area (Å²) in [4.78, 5) is 12.5. The molecule has 2 atom stereocenters. The first-order valence-electron chi connectivity index (χ1n) is 23.4. The third-order valence-corrected chi connectivity index (χ3v) is 14.8. The number of carboxylic acids is 1. The van der Waals surface area contributed by atoms with Crippen molar-refractivity contribution in [3.8, 4) is 0 Å². The van der Waals surface area contributed by atoms with Crippen LogP contribution in [0.4, 0.5) is 11.4 Å². The van der Waals surface area contributed by atoms with Gasteiger partial charge in [-0.05, 0) is 87.9 Å². The van der Waals surface area contributed by atoms with Gasteiger partial charge in [-0.15, -0.1) is 0 Å². The van der Waals surface area contributed by atoms with E-state index >= 15 is 0 Å². The van der Waals surface area contributed by atoms with E-state index < -0.39 is 52.9 Å². The number of hydrogen-bond donors (Lipinski definition) is 3. The van der Waals surface area contributed by atoms with Crippen LogP contribution in [0.2, 0.25) is 0 Å². The second-order valence-electron chi connectivity index (χ2n) is 17.3. The summed E-state index contributed by atoms with van der Waals surface area (Å²) in [5.41, 5.74) is 2.05. The van der Waals surface area contributed by atoms with Crippen LogP contribution in [0.25, 0.3) is 0 Å². The molecular formula is C48H70N2Na3O18S3+3. The quantitative estimate of drug-likeness (QED) is 0.0193. The largest absolute Gasteiger partial charge is 1.00 e. The topological polar surface area (TPSA) is 274 Å². The zero-order valence-corrected chi connectivity index (χ0v) is 52.4. The van der Waals surface area contributed by atoms with Crippen LogP contribution in [-0.4, -0.2) is 173 Å². The molecule has 26 heteroatoms. The summed E-state index contributed by atoms with van der Waals surface area (Å²) >= 11 is 0. The predicted molar refractivity (Wildman–Crippen MR) is 263 cm³/mol. The summed E-state index contributed by atoms with van der Waals surface area (Å²) < 4.78 is 145. The molecule has 0 bridgehead atoms. The summed E-state index contributed by atoms with van der Waals surface area (Å²) in [5, 5.41) is 9.17. The van der Waals surface area contributed by atoms with Crippen molar-refractivity contribution in [2.24, 2.45) is 0 Å². The normalized spacial score (nSPS) is 18.2. The first-order valence-corrected chi connectivity index (χ1v) is 27.9. The van der Waals surface area contributed by atoms with Gasteiger partial charge in [-0.3, -0.25) is 13.9 Å². The number of aliphatic carboxylic acids is 1. The third kappa shape index (κ3) is 22.3. The third-order valence-electron chi connectivity index (χ3n) is 12.3. The van der Waals surface area contributed by atoms with Crippen molar-refractivity contribution in [3.63, 3.8) is 0 Å². The Bertz CT molecular complexity index is 2550. The van der Waals surface area contributed by atoms with Crippen molar-refractivity contribution in [1.82, 2.24) is 0 Å². The molecule has 0 radical (unpaired) electrons. The Morgan fingerprint density at radius 2 is 1.22 bits per heavy atom. The Labute approximate surface area is 503 Å². The molecule has 3 N–H and O–H groups in total. The smallest absolute Gasteiger partial charge is 0.744 e. The number of rotatable bonds is 36. The Balaban J connectivity index is 0.00000913. The van der Waals surface area contributed by atoms with Crippen LogP contribution < -0.4 is 93.6 Å². The van der Waals surface area contributed by atoms with E-state index in [2.05, 4.69) is 0 Å². The van der Waals surface area contributed by atoms with Crippen LogP contribution in [-0.2, 0) is 79.1 Å². The van der Waals surface area contributed by atoms with Crippen molar-refractivity contribution in [3.05, 3.63) is 83.6 Å². The van der Waals surface area contributed by atoms with E-state index in [0.717, 1.165) is 5.70 Å². The van der Waals surface area contributed by atoms with Crippen molar-refractivity contribution in [2.75, 3.05) is 117 Å². The number of anilines is 1. The van der Waals surface area contributed by atoms with Crippen LogP contribution >= 0.6 is 0 Å². The summed E-state index contributed by atoms with van der Waals surface area (Å²) in [7, 11) is -10.6. The molecule has 0 amide bonds. The van der Waals surface area contributed by atoms with Crippen molar-refractivity contribution >= 4 is 53.4 Å². The van der Waals surface area contributed by atoms with Crippen molar-refractivity contribution < 1.29 is 175 Å². The van der Waals surface area contributed by atoms with Gasteiger partial charge in [0.25, 0.3) is 20.2 Å². The van der Waals surface area contributed by atoms with Crippen molar-refractivity contribution in [2.45, 2.75) is 79.4 Å². The summed E-state index contributed by atoms with van der Waals surface area (Å²) in [5.74, 6) is -1.43. The molecular weight excluding hydrogens is 1060 g/mol. The molecule has 2 aromatic rings. The van der Waals surface area contributed by atoms with Gasteiger partial charge in [-0.1, -0.05) is 24.6 Å². The number of fused-ring (bicyclic) bond motifs is 2. The number of benzene rings is 2. The fourth-order valence-electron chi connectivity index (χ4n) is 8.66. The van der Waals surface area contributed by atoms with Gasteiger partial charge in [0.15, 0.2) is 12.3 Å². The van der Waals surface area contributed by atoms with Gasteiger partial charge < -0.3 is 47.7 Å². The maximum absolute atomic E-state index is 12.4. The molecule has 74 heavy (non-hydrogen) atoms. The Kier molecular flexibility index (Phi) is 33.5. The van der Waals surface area contributed by atoms with Gasteiger partial charge in [0.05, 0.1) is 87.0 Å². The number of nitrogens with zero attached hydrogens (tertiary/aromatic N) is 2. The summed E-state index contributed by atoms with van der Waals surface area (Å²) in [6.45, 7) is 9.04. The molecule has 0 aliphatic carbocycles. The fourth-order valence-corrected chi connectivity index (χ4v) is 10.2. The standard InChI is InChI=1S/C48H70N2O18S3.3Na/c1-47(19-11-35-69(53,54)55)40-36-38(70(56,57)58)16-18-43(40)50(22-24-64-27-28-66-31-32-68-34-33-67-30-29-65-26-25-63-4)44(47)12-7-5-8-13-45-48(2,20-23-62-3)41-37-39(71(59,60)61)15-17-42(41)49(45)21-10-6-9-14-46(51)52;;;/h5,7-8,12-13,15-18,36-37H,6,9-11,14,19-35H2,1-4H3,(H3-,51,52,53,54,55,56,57,58,59,60,61);;;/q;3*+1. The Hall–Kier alpha value is -0.950. The first kappa shape index (κ1) is 71.1. The van der Waals surface area contributed by atoms with E-state index in [9.17, 15) is 48.8 Å². The molecule has 0 spiro atoms. The van der Waals surface area contributed by atoms with Crippen LogP contribution in [0.1, 0.15) is 69.9 Å². The number of carbonyl (C=O) groups is 1. The number of unbranched alkanes of at least 4 members (excludes halogenated alkanes) is 2. The van der Waals surface area contributed by atoms with Gasteiger partial charge in [-0.25, -0.2) is 8.42 Å². The Morgan fingerprint density at radius 1 is 0.662 bits per heavy atom. The minimum atomic E-state index is -4.79. The van der Waals surface area contributed by atoms with E-state index in [-0.39, 0.29) is 144 Å². The van der Waals surface area contributed by atoms with E-state index in [1.54, 1.807) is 44.6 Å². The second-order valence-corrected chi connectivity index (χ2v) is 21.7. The van der Waals surface area contributed by atoms with Gasteiger partial charge in [-0.2, -0.15) is 21.4 Å². The second kappa shape index (κ2) is 34.9. The first-order chi connectivity index (χ1) is 33.7. The number of ether oxygens (including phenoxy) is 7. The van der Waals surface area contributed by atoms with Gasteiger partial charge in [0, 0.05) is 68.3 Å². The molecule has 0 saturated carbocycles. The van der Waals surface area contributed by atoms with Crippen LogP contribution in [0, 0.1) is 0 Å². The maximum Gasteiger partial charge on any atom is 1.00 e. The van der Waals surface area contributed by atoms with Gasteiger partial charge >= 0.3 is 94.6 Å². The van der Waals surface area contributed by atoms with Crippen LogP contribution in [0.3, 0.4) is 0 Å². The summed E-state index contributed by atoms with van der Waals surface area (Å²) in [6.07, 6.45) is 11.4. The molecule has 2 aliphatic rings. The van der Waals surface area contributed by atoms with E-state index in [1.165, 1.54) is 24.3 Å².